The van der Waals surface area contributed by atoms with Crippen LogP contribution in [-0.4, -0.2) is 16.7 Å². The zero-order valence-corrected chi connectivity index (χ0v) is 6.89. The molecule has 4 nitrogen and oxygen atoms in total. The molecule has 0 radical (unpaired) electrons. The molecular formula is C8H13N3O. The number of hydrogen-bond acceptors (Lipinski definition) is 2. The van der Waals surface area contributed by atoms with Crippen molar-refractivity contribution < 1.29 is 0 Å². The molecule has 1 heterocycles. The van der Waals surface area contributed by atoms with Crippen LogP contribution in [0.3, 0.4) is 0 Å². The Morgan fingerprint density at radius 3 is 2.75 bits per heavy atom. The van der Waals surface area contributed by atoms with Crippen molar-refractivity contribution in [3.8, 4) is 0 Å². The largest absolute Gasteiger partial charge is 0.330 e. The molecular weight excluding hydrogens is 154 g/mol. The molecule has 0 spiro atoms. The summed E-state index contributed by atoms with van der Waals surface area (Å²) in [6.45, 7) is 0.542. The second kappa shape index (κ2) is 2.79. The van der Waals surface area contributed by atoms with Crippen LogP contribution in [0.2, 0.25) is 0 Å². The molecule has 1 aliphatic carbocycles. The van der Waals surface area contributed by atoms with Gasteiger partial charge in [-0.05, 0) is 25.8 Å². The second-order valence-corrected chi connectivity index (χ2v) is 3.28. The molecule has 66 valence electrons. The summed E-state index contributed by atoms with van der Waals surface area (Å²) in [5, 5.41) is 5.54. The van der Waals surface area contributed by atoms with Crippen LogP contribution in [0.5, 0.6) is 0 Å². The SMILES string of the molecule is NCCc1c(C2CC2)[nH][nH]c1=O. The Kier molecular flexibility index (Phi) is 1.77. The minimum Gasteiger partial charge on any atom is -0.330 e. The normalized spacial score (nSPS) is 16.8. The number of aromatic nitrogens is 2. The van der Waals surface area contributed by atoms with Crippen molar-refractivity contribution >= 4 is 0 Å². The number of H-pyrrole nitrogens is 2. The fourth-order valence-corrected chi connectivity index (χ4v) is 1.51. The molecule has 1 aromatic rings. The molecule has 0 unspecified atom stereocenters. The van der Waals surface area contributed by atoms with Crippen LogP contribution in [0, 0.1) is 0 Å². The van der Waals surface area contributed by atoms with Gasteiger partial charge in [0.1, 0.15) is 0 Å². The predicted molar refractivity (Wildman–Crippen MR) is 46.1 cm³/mol. The number of nitrogens with one attached hydrogen (secondary N) is 2. The molecule has 0 saturated heterocycles. The predicted octanol–water partition coefficient (Wildman–Crippen LogP) is 0.0816. The molecule has 1 fully saturated rings. The van der Waals surface area contributed by atoms with E-state index in [0.29, 0.717) is 18.9 Å². The van der Waals surface area contributed by atoms with Gasteiger partial charge >= 0.3 is 0 Å². The van der Waals surface area contributed by atoms with Gasteiger partial charge in [0, 0.05) is 17.2 Å². The number of aromatic amines is 2. The lowest BCUT2D eigenvalue weighted by Gasteiger charge is -1.96. The van der Waals surface area contributed by atoms with Gasteiger partial charge < -0.3 is 10.8 Å². The lowest BCUT2D eigenvalue weighted by Crippen LogP contribution is -2.12. The van der Waals surface area contributed by atoms with Gasteiger partial charge in [0.05, 0.1) is 0 Å². The van der Waals surface area contributed by atoms with E-state index in [4.69, 9.17) is 5.73 Å². The topological polar surface area (TPSA) is 74.7 Å². The Labute approximate surface area is 70.1 Å². The third kappa shape index (κ3) is 1.18. The molecule has 0 aromatic carbocycles. The zero-order valence-electron chi connectivity index (χ0n) is 6.89. The summed E-state index contributed by atoms with van der Waals surface area (Å²) in [6.07, 6.45) is 3.08. The Bertz CT molecular complexity index is 321. The highest BCUT2D eigenvalue weighted by Gasteiger charge is 2.28. The van der Waals surface area contributed by atoms with Crippen LogP contribution in [0.15, 0.2) is 4.79 Å². The summed E-state index contributed by atoms with van der Waals surface area (Å²) < 4.78 is 0. The first kappa shape index (κ1) is 7.61. The van der Waals surface area contributed by atoms with Gasteiger partial charge in [-0.25, -0.2) is 0 Å². The van der Waals surface area contributed by atoms with E-state index in [9.17, 15) is 4.79 Å². The maximum Gasteiger partial charge on any atom is 0.267 e. The first-order valence-corrected chi connectivity index (χ1v) is 4.32. The zero-order chi connectivity index (χ0) is 8.55. The molecule has 0 bridgehead atoms. The van der Waals surface area contributed by atoms with Crippen molar-refractivity contribution in [1.29, 1.82) is 0 Å². The maximum atomic E-state index is 11.2. The average Bonchev–Trinajstić information content (AvgIpc) is 2.82. The molecule has 1 saturated carbocycles. The fourth-order valence-electron chi connectivity index (χ4n) is 1.51. The summed E-state index contributed by atoms with van der Waals surface area (Å²) in [7, 11) is 0. The fraction of sp³-hybridized carbons (Fsp3) is 0.625. The third-order valence-corrected chi connectivity index (χ3v) is 2.29. The van der Waals surface area contributed by atoms with Crippen LogP contribution < -0.4 is 11.3 Å². The van der Waals surface area contributed by atoms with Crippen molar-refractivity contribution in [2.24, 2.45) is 5.73 Å². The van der Waals surface area contributed by atoms with E-state index in [1.165, 1.54) is 12.8 Å². The monoisotopic (exact) mass is 167 g/mol. The Balaban J connectivity index is 2.33. The molecule has 2 rings (SSSR count). The maximum absolute atomic E-state index is 11.2. The summed E-state index contributed by atoms with van der Waals surface area (Å²) >= 11 is 0. The van der Waals surface area contributed by atoms with Crippen LogP contribution in [0.1, 0.15) is 30.0 Å². The minimum atomic E-state index is 0.00218. The smallest absolute Gasteiger partial charge is 0.267 e. The lowest BCUT2D eigenvalue weighted by molar-refractivity contribution is 0.914. The van der Waals surface area contributed by atoms with E-state index >= 15 is 0 Å². The molecule has 1 aliphatic rings. The average molecular weight is 167 g/mol. The molecule has 0 atom stereocenters. The quantitative estimate of drug-likeness (QED) is 0.596. The van der Waals surface area contributed by atoms with E-state index in [1.54, 1.807) is 0 Å². The first-order chi connectivity index (χ1) is 5.83. The highest BCUT2D eigenvalue weighted by atomic mass is 16.1. The summed E-state index contributed by atoms with van der Waals surface area (Å²) in [5.74, 6) is 0.588. The van der Waals surface area contributed by atoms with Crippen molar-refractivity contribution in [2.75, 3.05) is 6.54 Å². The van der Waals surface area contributed by atoms with Gasteiger partial charge in [-0.1, -0.05) is 0 Å². The minimum absolute atomic E-state index is 0.00218. The molecule has 1 aromatic heterocycles. The number of nitrogens with two attached hydrogens (primary N) is 1. The Morgan fingerprint density at radius 1 is 1.42 bits per heavy atom. The van der Waals surface area contributed by atoms with Crippen LogP contribution in [0.25, 0.3) is 0 Å². The van der Waals surface area contributed by atoms with Crippen molar-refractivity contribution in [2.45, 2.75) is 25.2 Å². The van der Waals surface area contributed by atoms with Gasteiger partial charge in [-0.3, -0.25) is 9.89 Å². The van der Waals surface area contributed by atoms with Crippen LogP contribution in [-0.2, 0) is 6.42 Å². The number of rotatable bonds is 3. The number of hydrogen-bond donors (Lipinski definition) is 3. The molecule has 4 N–H and O–H groups in total. The molecule has 12 heavy (non-hydrogen) atoms. The second-order valence-electron chi connectivity index (χ2n) is 3.28. The standard InChI is InChI=1S/C8H13N3O/c9-4-3-6-7(5-1-2-5)10-11-8(6)12/h5H,1-4,9H2,(H2,10,11,12). The molecule has 0 aliphatic heterocycles. The summed E-state index contributed by atoms with van der Waals surface area (Å²) in [4.78, 5) is 11.2. The van der Waals surface area contributed by atoms with Gasteiger partial charge in [-0.15, -0.1) is 0 Å². The third-order valence-electron chi connectivity index (χ3n) is 2.29. The van der Waals surface area contributed by atoms with E-state index < -0.39 is 0 Å². The first-order valence-electron chi connectivity index (χ1n) is 4.32. The van der Waals surface area contributed by atoms with E-state index in [-0.39, 0.29) is 5.56 Å². The van der Waals surface area contributed by atoms with Crippen molar-refractivity contribution in [1.82, 2.24) is 10.2 Å². The van der Waals surface area contributed by atoms with Crippen molar-refractivity contribution in [3.05, 3.63) is 21.6 Å². The van der Waals surface area contributed by atoms with E-state index in [0.717, 1.165) is 11.3 Å². The summed E-state index contributed by atoms with van der Waals surface area (Å²) in [5.41, 5.74) is 7.36. The lowest BCUT2D eigenvalue weighted by atomic mass is 10.1. The van der Waals surface area contributed by atoms with Crippen LogP contribution in [0.4, 0.5) is 0 Å². The van der Waals surface area contributed by atoms with E-state index in [2.05, 4.69) is 10.2 Å². The van der Waals surface area contributed by atoms with Crippen molar-refractivity contribution in [3.63, 3.8) is 0 Å². The van der Waals surface area contributed by atoms with Gasteiger partial charge in [0.2, 0.25) is 0 Å². The van der Waals surface area contributed by atoms with E-state index in [1.807, 2.05) is 0 Å². The molecule has 0 amide bonds. The van der Waals surface area contributed by atoms with Gasteiger partial charge in [-0.2, -0.15) is 0 Å². The highest BCUT2D eigenvalue weighted by molar-refractivity contribution is 5.24. The Hall–Kier alpha value is -1.03. The highest BCUT2D eigenvalue weighted by Crippen LogP contribution is 2.39. The van der Waals surface area contributed by atoms with Crippen LogP contribution >= 0.6 is 0 Å². The Morgan fingerprint density at radius 2 is 2.17 bits per heavy atom. The summed E-state index contributed by atoms with van der Waals surface area (Å²) in [6, 6.07) is 0. The van der Waals surface area contributed by atoms with Gasteiger partial charge in [0.25, 0.3) is 5.56 Å². The molecule has 4 heteroatoms. The van der Waals surface area contributed by atoms with Gasteiger partial charge in [0.15, 0.2) is 0 Å².